The number of nitrogens with one attached hydrogen (secondary N) is 1. The minimum Gasteiger partial charge on any atom is -0.398 e. The topological polar surface area (TPSA) is 85.1 Å². The summed E-state index contributed by atoms with van der Waals surface area (Å²) in [4.78, 5) is 3.77. The van der Waals surface area contributed by atoms with Crippen LogP contribution in [0.15, 0.2) is 47.6 Å². The van der Waals surface area contributed by atoms with Crippen LogP contribution in [-0.2, 0) is 16.4 Å². The third kappa shape index (κ3) is 3.69. The Labute approximate surface area is 122 Å². The molecule has 2 rings (SSSR count). The molecule has 0 radical (unpaired) electrons. The van der Waals surface area contributed by atoms with Crippen molar-refractivity contribution in [3.8, 4) is 0 Å². The molecule has 5 nitrogen and oxygen atoms in total. The van der Waals surface area contributed by atoms with Gasteiger partial charge in [0.15, 0.2) is 0 Å². The SMILES string of the molecule is Nc1ccncc1S(=O)(=O)NCCc1ccc(Cl)cc1. The number of nitrogens with zero attached hydrogens (tertiary/aromatic N) is 1. The van der Waals surface area contributed by atoms with E-state index in [2.05, 4.69) is 9.71 Å². The lowest BCUT2D eigenvalue weighted by Crippen LogP contribution is -2.26. The van der Waals surface area contributed by atoms with Gasteiger partial charge in [-0.25, -0.2) is 13.1 Å². The van der Waals surface area contributed by atoms with Gasteiger partial charge in [-0.05, 0) is 30.2 Å². The van der Waals surface area contributed by atoms with Crippen molar-refractivity contribution < 1.29 is 8.42 Å². The maximum Gasteiger partial charge on any atom is 0.244 e. The lowest BCUT2D eigenvalue weighted by atomic mass is 10.2. The molecular formula is C13H14ClN3O2S. The summed E-state index contributed by atoms with van der Waals surface area (Å²) in [6.45, 7) is 0.276. The molecule has 0 bridgehead atoms. The highest BCUT2D eigenvalue weighted by molar-refractivity contribution is 7.89. The highest BCUT2D eigenvalue weighted by atomic mass is 35.5. The van der Waals surface area contributed by atoms with Crippen molar-refractivity contribution in [3.63, 3.8) is 0 Å². The first-order valence-electron chi connectivity index (χ1n) is 5.92. The van der Waals surface area contributed by atoms with E-state index in [4.69, 9.17) is 17.3 Å². The summed E-state index contributed by atoms with van der Waals surface area (Å²) >= 11 is 5.78. The first kappa shape index (κ1) is 14.8. The number of pyridine rings is 1. The van der Waals surface area contributed by atoms with Crippen LogP contribution in [0, 0.1) is 0 Å². The standard InChI is InChI=1S/C13H14ClN3O2S/c14-11-3-1-10(2-4-11)5-8-17-20(18,19)13-9-16-7-6-12(13)15/h1-4,6-7,9,17H,5,8H2,(H2,15,16). The predicted molar refractivity (Wildman–Crippen MR) is 79.0 cm³/mol. The third-order valence-corrected chi connectivity index (χ3v) is 4.48. The van der Waals surface area contributed by atoms with E-state index in [-0.39, 0.29) is 17.1 Å². The molecule has 0 aliphatic heterocycles. The summed E-state index contributed by atoms with van der Waals surface area (Å²) in [5.74, 6) is 0. The number of benzene rings is 1. The maximum atomic E-state index is 12.0. The van der Waals surface area contributed by atoms with Crippen molar-refractivity contribution in [2.24, 2.45) is 0 Å². The first-order valence-corrected chi connectivity index (χ1v) is 7.79. The first-order chi connectivity index (χ1) is 9.49. The molecule has 0 aliphatic carbocycles. The molecule has 0 atom stereocenters. The van der Waals surface area contributed by atoms with Gasteiger partial charge in [0.25, 0.3) is 0 Å². The fourth-order valence-corrected chi connectivity index (χ4v) is 2.90. The zero-order valence-electron chi connectivity index (χ0n) is 10.6. The summed E-state index contributed by atoms with van der Waals surface area (Å²) in [6.07, 6.45) is 3.25. The predicted octanol–water partition coefficient (Wildman–Crippen LogP) is 1.84. The largest absolute Gasteiger partial charge is 0.398 e. The molecule has 1 aromatic heterocycles. The number of halogens is 1. The van der Waals surface area contributed by atoms with Crippen LogP contribution < -0.4 is 10.5 Å². The van der Waals surface area contributed by atoms with Crippen LogP contribution in [0.2, 0.25) is 5.02 Å². The second-order valence-corrected chi connectivity index (χ2v) is 6.36. The van der Waals surface area contributed by atoms with Crippen LogP contribution in [0.3, 0.4) is 0 Å². The molecule has 0 aliphatic rings. The summed E-state index contributed by atoms with van der Waals surface area (Å²) in [5, 5.41) is 0.650. The number of hydrogen-bond acceptors (Lipinski definition) is 4. The Bertz CT molecular complexity index is 687. The van der Waals surface area contributed by atoms with E-state index >= 15 is 0 Å². The number of rotatable bonds is 5. The highest BCUT2D eigenvalue weighted by Crippen LogP contribution is 2.15. The summed E-state index contributed by atoms with van der Waals surface area (Å²) in [7, 11) is -3.63. The van der Waals surface area contributed by atoms with Crippen LogP contribution in [0.25, 0.3) is 0 Å². The van der Waals surface area contributed by atoms with Gasteiger partial charge in [-0.2, -0.15) is 0 Å². The van der Waals surface area contributed by atoms with Crippen LogP contribution in [0.5, 0.6) is 0 Å². The molecule has 0 amide bonds. The minimum absolute atomic E-state index is 0.00361. The van der Waals surface area contributed by atoms with Crippen molar-refractivity contribution in [2.75, 3.05) is 12.3 Å². The van der Waals surface area contributed by atoms with Crippen LogP contribution >= 0.6 is 11.6 Å². The van der Waals surface area contributed by atoms with E-state index in [1.807, 2.05) is 12.1 Å². The quantitative estimate of drug-likeness (QED) is 0.882. The summed E-state index contributed by atoms with van der Waals surface area (Å²) < 4.78 is 26.6. The van der Waals surface area contributed by atoms with Gasteiger partial charge < -0.3 is 5.73 Å². The minimum atomic E-state index is -3.63. The number of nitrogen functional groups attached to an aromatic ring is 1. The fourth-order valence-electron chi connectivity index (χ4n) is 1.67. The lowest BCUT2D eigenvalue weighted by Gasteiger charge is -2.08. The molecule has 1 heterocycles. The van der Waals surface area contributed by atoms with Gasteiger partial charge in [0.1, 0.15) is 4.90 Å². The molecule has 0 spiro atoms. The zero-order valence-corrected chi connectivity index (χ0v) is 12.2. The van der Waals surface area contributed by atoms with Gasteiger partial charge in [-0.1, -0.05) is 23.7 Å². The molecule has 1 aromatic carbocycles. The Morgan fingerprint density at radius 2 is 1.90 bits per heavy atom. The van der Waals surface area contributed by atoms with Gasteiger partial charge >= 0.3 is 0 Å². The Morgan fingerprint density at radius 1 is 1.20 bits per heavy atom. The van der Waals surface area contributed by atoms with Gasteiger partial charge in [-0.15, -0.1) is 0 Å². The van der Waals surface area contributed by atoms with Crippen LogP contribution in [-0.4, -0.2) is 19.9 Å². The molecule has 0 saturated carbocycles. The number of nitrogens with two attached hydrogens (primary N) is 1. The summed E-state index contributed by atoms with van der Waals surface area (Å²) in [6, 6.07) is 8.70. The van der Waals surface area contributed by atoms with Crippen molar-refractivity contribution in [3.05, 3.63) is 53.3 Å². The molecule has 3 N–H and O–H groups in total. The number of anilines is 1. The Kier molecular flexibility index (Phi) is 4.59. The van der Waals surface area contributed by atoms with Gasteiger partial charge in [0.2, 0.25) is 10.0 Å². The monoisotopic (exact) mass is 311 g/mol. The van der Waals surface area contributed by atoms with Crippen molar-refractivity contribution in [1.29, 1.82) is 0 Å². The second-order valence-electron chi connectivity index (χ2n) is 4.19. The summed E-state index contributed by atoms with van der Waals surface area (Å²) in [5.41, 5.74) is 6.81. The smallest absolute Gasteiger partial charge is 0.244 e. The average molecular weight is 312 g/mol. The van der Waals surface area contributed by atoms with E-state index in [0.717, 1.165) is 5.56 Å². The zero-order chi connectivity index (χ0) is 14.6. The molecule has 7 heteroatoms. The number of sulfonamides is 1. The molecule has 0 fully saturated rings. The number of aromatic nitrogens is 1. The van der Waals surface area contributed by atoms with Gasteiger partial charge in [0, 0.05) is 24.0 Å². The van der Waals surface area contributed by atoms with Crippen LogP contribution in [0.1, 0.15) is 5.56 Å². The molecular weight excluding hydrogens is 298 g/mol. The second kappa shape index (κ2) is 6.21. The van der Waals surface area contributed by atoms with E-state index in [9.17, 15) is 8.42 Å². The average Bonchev–Trinajstić information content (AvgIpc) is 2.41. The lowest BCUT2D eigenvalue weighted by molar-refractivity contribution is 0.581. The van der Waals surface area contributed by atoms with E-state index in [0.29, 0.717) is 11.4 Å². The molecule has 2 aromatic rings. The Balaban J connectivity index is 2.00. The normalized spacial score (nSPS) is 11.4. The van der Waals surface area contributed by atoms with Crippen molar-refractivity contribution in [2.45, 2.75) is 11.3 Å². The van der Waals surface area contributed by atoms with E-state index in [1.54, 1.807) is 12.1 Å². The van der Waals surface area contributed by atoms with E-state index in [1.165, 1.54) is 18.5 Å². The third-order valence-electron chi connectivity index (χ3n) is 2.72. The number of hydrogen-bond donors (Lipinski definition) is 2. The highest BCUT2D eigenvalue weighted by Gasteiger charge is 2.16. The maximum absolute atomic E-state index is 12.0. The Morgan fingerprint density at radius 3 is 2.55 bits per heavy atom. The molecule has 106 valence electrons. The Hall–Kier alpha value is -1.63. The molecule has 0 saturated heterocycles. The van der Waals surface area contributed by atoms with Gasteiger partial charge in [-0.3, -0.25) is 4.98 Å². The van der Waals surface area contributed by atoms with Crippen molar-refractivity contribution in [1.82, 2.24) is 9.71 Å². The van der Waals surface area contributed by atoms with Gasteiger partial charge in [0.05, 0.1) is 5.69 Å². The molecule has 20 heavy (non-hydrogen) atoms. The van der Waals surface area contributed by atoms with E-state index < -0.39 is 10.0 Å². The molecule has 0 unspecified atom stereocenters. The van der Waals surface area contributed by atoms with Crippen molar-refractivity contribution >= 4 is 27.3 Å². The fraction of sp³-hybridized carbons (Fsp3) is 0.154. The van der Waals surface area contributed by atoms with Crippen LogP contribution in [0.4, 0.5) is 5.69 Å².